The fourth-order valence-corrected chi connectivity index (χ4v) is 2.12. The van der Waals surface area contributed by atoms with E-state index in [1.165, 1.54) is 6.07 Å². The molecule has 0 aliphatic rings. The highest BCUT2D eigenvalue weighted by molar-refractivity contribution is 5.64. The largest absolute Gasteiger partial charge is 0.310 e. The first-order valence-corrected chi connectivity index (χ1v) is 6.66. The normalized spacial score (nSPS) is 12.4. The van der Waals surface area contributed by atoms with Crippen LogP contribution in [-0.2, 0) is 0 Å². The maximum absolute atomic E-state index is 13.5. The fourth-order valence-electron chi connectivity index (χ4n) is 2.12. The zero-order valence-corrected chi connectivity index (χ0v) is 11.4. The van der Waals surface area contributed by atoms with E-state index in [0.717, 1.165) is 29.8 Å². The molecule has 1 unspecified atom stereocenters. The second-order valence-corrected chi connectivity index (χ2v) is 4.62. The molecule has 0 bridgehead atoms. The van der Waals surface area contributed by atoms with Gasteiger partial charge < -0.3 is 5.32 Å². The molecule has 0 aliphatic carbocycles. The topological polar surface area (TPSA) is 24.9 Å². The van der Waals surface area contributed by atoms with E-state index >= 15 is 0 Å². The summed E-state index contributed by atoms with van der Waals surface area (Å²) >= 11 is 0. The Morgan fingerprint density at radius 1 is 1.26 bits per heavy atom. The average molecular weight is 258 g/mol. The van der Waals surface area contributed by atoms with E-state index in [1.807, 2.05) is 24.3 Å². The third-order valence-electron chi connectivity index (χ3n) is 3.12. The molecule has 1 aromatic heterocycles. The highest BCUT2D eigenvalue weighted by Crippen LogP contribution is 2.27. The third-order valence-corrected chi connectivity index (χ3v) is 3.12. The first-order valence-electron chi connectivity index (χ1n) is 6.66. The molecule has 2 nitrogen and oxygen atoms in total. The van der Waals surface area contributed by atoms with Gasteiger partial charge in [0.05, 0.1) is 5.69 Å². The zero-order valence-electron chi connectivity index (χ0n) is 11.4. The summed E-state index contributed by atoms with van der Waals surface area (Å²) < 4.78 is 13.5. The van der Waals surface area contributed by atoms with E-state index in [1.54, 1.807) is 12.3 Å². The van der Waals surface area contributed by atoms with Crippen molar-refractivity contribution in [2.75, 3.05) is 6.54 Å². The van der Waals surface area contributed by atoms with Crippen LogP contribution in [0.15, 0.2) is 42.6 Å². The first kappa shape index (κ1) is 13.7. The highest BCUT2D eigenvalue weighted by atomic mass is 19.1. The van der Waals surface area contributed by atoms with E-state index in [-0.39, 0.29) is 11.9 Å². The lowest BCUT2D eigenvalue weighted by atomic mass is 9.98. The molecule has 0 fully saturated rings. The van der Waals surface area contributed by atoms with Crippen molar-refractivity contribution >= 4 is 0 Å². The van der Waals surface area contributed by atoms with Gasteiger partial charge in [0.25, 0.3) is 0 Å². The molecule has 0 saturated heterocycles. The van der Waals surface area contributed by atoms with Gasteiger partial charge in [-0.15, -0.1) is 0 Å². The monoisotopic (exact) mass is 258 g/mol. The number of rotatable bonds is 5. The molecule has 1 N–H and O–H groups in total. The van der Waals surface area contributed by atoms with Gasteiger partial charge >= 0.3 is 0 Å². The van der Waals surface area contributed by atoms with Crippen LogP contribution in [0.25, 0.3) is 11.3 Å². The zero-order chi connectivity index (χ0) is 13.7. The summed E-state index contributed by atoms with van der Waals surface area (Å²) in [4.78, 5) is 4.32. The van der Waals surface area contributed by atoms with Gasteiger partial charge in [-0.3, -0.25) is 4.98 Å². The summed E-state index contributed by atoms with van der Waals surface area (Å²) in [5.41, 5.74) is 2.74. The number of hydrogen-bond acceptors (Lipinski definition) is 2. The lowest BCUT2D eigenvalue weighted by Crippen LogP contribution is -2.20. The van der Waals surface area contributed by atoms with Crippen LogP contribution in [0.1, 0.15) is 31.9 Å². The fraction of sp³-hybridized carbons (Fsp3) is 0.312. The van der Waals surface area contributed by atoms with Crippen LogP contribution >= 0.6 is 0 Å². The summed E-state index contributed by atoms with van der Waals surface area (Å²) in [5, 5.41) is 3.43. The molecule has 2 aromatic rings. The Balaban J connectivity index is 2.38. The molecule has 19 heavy (non-hydrogen) atoms. The van der Waals surface area contributed by atoms with Gasteiger partial charge in [-0.05, 0) is 49.7 Å². The number of pyridine rings is 1. The Kier molecular flexibility index (Phi) is 4.63. The van der Waals surface area contributed by atoms with Gasteiger partial charge in [0, 0.05) is 17.8 Å². The predicted molar refractivity (Wildman–Crippen MR) is 76.3 cm³/mol. The summed E-state index contributed by atoms with van der Waals surface area (Å²) in [6.07, 6.45) is 2.80. The number of hydrogen-bond donors (Lipinski definition) is 1. The maximum atomic E-state index is 13.5. The Morgan fingerprint density at radius 2 is 2.11 bits per heavy atom. The van der Waals surface area contributed by atoms with Gasteiger partial charge in [-0.2, -0.15) is 0 Å². The molecule has 100 valence electrons. The van der Waals surface area contributed by atoms with Gasteiger partial charge in [0.1, 0.15) is 5.82 Å². The van der Waals surface area contributed by atoms with E-state index < -0.39 is 0 Å². The van der Waals surface area contributed by atoms with Crippen LogP contribution in [0.3, 0.4) is 0 Å². The molecule has 0 radical (unpaired) electrons. The number of benzene rings is 1. The number of nitrogens with zero attached hydrogens (tertiary/aromatic N) is 1. The minimum atomic E-state index is -0.230. The van der Waals surface area contributed by atoms with Gasteiger partial charge in [0.15, 0.2) is 0 Å². The minimum absolute atomic E-state index is 0.178. The smallest absolute Gasteiger partial charge is 0.123 e. The average Bonchev–Trinajstić information content (AvgIpc) is 2.45. The van der Waals surface area contributed by atoms with Crippen LogP contribution in [0, 0.1) is 5.82 Å². The molecular formula is C16H19FN2. The number of aromatic nitrogens is 1. The van der Waals surface area contributed by atoms with E-state index in [2.05, 4.69) is 24.1 Å². The van der Waals surface area contributed by atoms with Crippen LogP contribution in [0.2, 0.25) is 0 Å². The van der Waals surface area contributed by atoms with Crippen LogP contribution in [0.4, 0.5) is 4.39 Å². The van der Waals surface area contributed by atoms with Crippen molar-refractivity contribution in [2.45, 2.75) is 26.3 Å². The van der Waals surface area contributed by atoms with E-state index in [4.69, 9.17) is 0 Å². The summed E-state index contributed by atoms with van der Waals surface area (Å²) in [6.45, 7) is 5.17. The first-order chi connectivity index (χ1) is 9.22. The van der Waals surface area contributed by atoms with Gasteiger partial charge in [-0.1, -0.05) is 19.1 Å². The lowest BCUT2D eigenvalue weighted by Gasteiger charge is -2.17. The van der Waals surface area contributed by atoms with Crippen molar-refractivity contribution in [1.82, 2.24) is 10.3 Å². The Bertz CT molecular complexity index is 526. The molecule has 3 heteroatoms. The van der Waals surface area contributed by atoms with Crippen molar-refractivity contribution in [3.63, 3.8) is 0 Å². The number of halogens is 1. The number of nitrogens with one attached hydrogen (secondary N) is 1. The van der Waals surface area contributed by atoms with Crippen molar-refractivity contribution in [1.29, 1.82) is 0 Å². The van der Waals surface area contributed by atoms with Crippen molar-refractivity contribution < 1.29 is 4.39 Å². The second kappa shape index (κ2) is 6.43. The quantitative estimate of drug-likeness (QED) is 0.878. The molecule has 1 aromatic carbocycles. The molecule has 0 aliphatic heterocycles. The Labute approximate surface area is 113 Å². The molecule has 0 spiro atoms. The third kappa shape index (κ3) is 3.38. The lowest BCUT2D eigenvalue weighted by molar-refractivity contribution is 0.568. The molecule has 1 heterocycles. The molecular weight excluding hydrogens is 239 g/mol. The second-order valence-electron chi connectivity index (χ2n) is 4.62. The van der Waals surface area contributed by atoms with Gasteiger partial charge in [0.2, 0.25) is 0 Å². The minimum Gasteiger partial charge on any atom is -0.310 e. The van der Waals surface area contributed by atoms with E-state index in [9.17, 15) is 4.39 Å². The van der Waals surface area contributed by atoms with Crippen molar-refractivity contribution in [2.24, 2.45) is 0 Å². The Hall–Kier alpha value is -1.74. The van der Waals surface area contributed by atoms with Crippen LogP contribution < -0.4 is 5.32 Å². The Morgan fingerprint density at radius 3 is 2.79 bits per heavy atom. The SMILES string of the molecule is CCCNC(C)c1ccc(F)cc1-c1ccccn1. The van der Waals surface area contributed by atoms with Gasteiger partial charge in [-0.25, -0.2) is 4.39 Å². The molecule has 0 amide bonds. The molecule has 1 atom stereocenters. The van der Waals surface area contributed by atoms with E-state index in [0.29, 0.717) is 0 Å². The highest BCUT2D eigenvalue weighted by Gasteiger charge is 2.13. The summed E-state index contributed by atoms with van der Waals surface area (Å²) in [5.74, 6) is -0.230. The van der Waals surface area contributed by atoms with Crippen LogP contribution in [0.5, 0.6) is 0 Å². The van der Waals surface area contributed by atoms with Crippen molar-refractivity contribution in [3.05, 3.63) is 54.0 Å². The van der Waals surface area contributed by atoms with Crippen LogP contribution in [-0.4, -0.2) is 11.5 Å². The molecule has 0 saturated carbocycles. The summed E-state index contributed by atoms with van der Waals surface area (Å²) in [7, 11) is 0. The predicted octanol–water partition coefficient (Wildman–Crippen LogP) is 3.95. The van der Waals surface area contributed by atoms with Crippen molar-refractivity contribution in [3.8, 4) is 11.3 Å². The maximum Gasteiger partial charge on any atom is 0.123 e. The summed E-state index contributed by atoms with van der Waals surface area (Å²) in [6, 6.07) is 10.8. The molecule has 2 rings (SSSR count). The standard InChI is InChI=1S/C16H19FN2/c1-3-9-18-12(2)14-8-7-13(17)11-15(14)16-6-4-5-10-19-16/h4-8,10-12,18H,3,9H2,1-2H3.